The summed E-state index contributed by atoms with van der Waals surface area (Å²) in [5.41, 5.74) is 1.34. The largest absolute Gasteiger partial charge is 0.454 e. The third-order valence-electron chi connectivity index (χ3n) is 5.53. The Morgan fingerprint density at radius 3 is 2.82 bits per heavy atom. The zero-order chi connectivity index (χ0) is 19.1. The number of benzene rings is 1. The molecule has 146 valence electrons. The molecule has 1 N–H and O–H groups in total. The summed E-state index contributed by atoms with van der Waals surface area (Å²) in [6.45, 7) is 1.87. The van der Waals surface area contributed by atoms with Crippen molar-refractivity contribution in [3.05, 3.63) is 34.3 Å². The molecule has 2 aromatic rings. The number of hydrogen-bond donors (Lipinski definition) is 1. The number of carbonyl (C=O) groups is 2. The van der Waals surface area contributed by atoms with Gasteiger partial charge in [0.2, 0.25) is 12.7 Å². The van der Waals surface area contributed by atoms with Crippen LogP contribution in [0.4, 0.5) is 5.13 Å². The second kappa shape index (κ2) is 7.09. The maximum absolute atomic E-state index is 12.9. The second-order valence-corrected chi connectivity index (χ2v) is 8.41. The van der Waals surface area contributed by atoms with Crippen molar-refractivity contribution in [2.24, 2.45) is 0 Å². The van der Waals surface area contributed by atoms with Crippen molar-refractivity contribution in [2.45, 2.75) is 38.0 Å². The van der Waals surface area contributed by atoms with Gasteiger partial charge in [0.1, 0.15) is 0 Å². The molecular formula is C20H21N3O4S. The normalized spacial score (nSPS) is 20.1. The fourth-order valence-electron chi connectivity index (χ4n) is 4.08. The molecule has 8 heteroatoms. The van der Waals surface area contributed by atoms with Crippen LogP contribution >= 0.6 is 11.3 Å². The Balaban J connectivity index is 1.34. The Kier molecular flexibility index (Phi) is 4.43. The molecule has 2 aliphatic heterocycles. The molecule has 1 unspecified atom stereocenters. The number of carbonyl (C=O) groups excluding carboxylic acids is 2. The van der Waals surface area contributed by atoms with Crippen LogP contribution in [0.1, 0.15) is 52.5 Å². The minimum absolute atomic E-state index is 0.172. The Morgan fingerprint density at radius 1 is 1.14 bits per heavy atom. The minimum atomic E-state index is -0.244. The molecule has 0 spiro atoms. The first-order valence-corrected chi connectivity index (χ1v) is 10.5. The highest BCUT2D eigenvalue weighted by molar-refractivity contribution is 7.16. The van der Waals surface area contributed by atoms with Crippen molar-refractivity contribution in [3.8, 4) is 11.5 Å². The predicted molar refractivity (Wildman–Crippen MR) is 104 cm³/mol. The van der Waals surface area contributed by atoms with Crippen LogP contribution in [0.15, 0.2) is 18.2 Å². The van der Waals surface area contributed by atoms with Gasteiger partial charge in [-0.2, -0.15) is 0 Å². The first-order chi connectivity index (χ1) is 13.7. The standard InChI is InChI=1S/C20H21N3O4S/c24-18(12-6-7-14-15(10-12)27-11-26-14)22-20-21-17-13(4-3-5-16(17)28-20)19(25)23-8-1-2-9-23/h6-7,10,13H,1-5,8-9,11H2,(H,21,22,24). The summed E-state index contributed by atoms with van der Waals surface area (Å²) in [6.07, 6.45) is 4.89. The fourth-order valence-corrected chi connectivity index (χ4v) is 5.14. The van der Waals surface area contributed by atoms with E-state index in [1.807, 2.05) is 4.90 Å². The monoisotopic (exact) mass is 399 g/mol. The van der Waals surface area contributed by atoms with Crippen LogP contribution in [0.2, 0.25) is 0 Å². The molecule has 1 aromatic carbocycles. The first-order valence-electron chi connectivity index (χ1n) is 9.68. The minimum Gasteiger partial charge on any atom is -0.454 e. The number of hydrogen-bond acceptors (Lipinski definition) is 6. The highest BCUT2D eigenvalue weighted by Crippen LogP contribution is 2.38. The van der Waals surface area contributed by atoms with Gasteiger partial charge in [-0.05, 0) is 50.3 Å². The van der Waals surface area contributed by atoms with Gasteiger partial charge in [-0.3, -0.25) is 14.9 Å². The number of amides is 2. The van der Waals surface area contributed by atoms with E-state index in [4.69, 9.17) is 9.47 Å². The van der Waals surface area contributed by atoms with Gasteiger partial charge in [-0.1, -0.05) is 0 Å². The van der Waals surface area contributed by atoms with Crippen LogP contribution in [0.5, 0.6) is 11.5 Å². The van der Waals surface area contributed by atoms with Crippen LogP contribution in [-0.4, -0.2) is 41.6 Å². The smallest absolute Gasteiger partial charge is 0.257 e. The zero-order valence-electron chi connectivity index (χ0n) is 15.4. The number of rotatable bonds is 3. The number of nitrogens with one attached hydrogen (secondary N) is 1. The van der Waals surface area contributed by atoms with Crippen molar-refractivity contribution in [3.63, 3.8) is 0 Å². The topological polar surface area (TPSA) is 80.8 Å². The van der Waals surface area contributed by atoms with Crippen molar-refractivity contribution in [1.29, 1.82) is 0 Å². The van der Waals surface area contributed by atoms with E-state index in [2.05, 4.69) is 10.3 Å². The summed E-state index contributed by atoms with van der Waals surface area (Å²) in [5, 5.41) is 3.43. The number of fused-ring (bicyclic) bond motifs is 2. The number of aryl methyl sites for hydroxylation is 1. The first kappa shape index (κ1) is 17.5. The van der Waals surface area contributed by atoms with E-state index in [0.717, 1.165) is 55.8 Å². The molecule has 1 atom stereocenters. The summed E-state index contributed by atoms with van der Waals surface area (Å²) in [4.78, 5) is 33.3. The lowest BCUT2D eigenvalue weighted by Crippen LogP contribution is -2.34. The van der Waals surface area contributed by atoms with Gasteiger partial charge in [0.25, 0.3) is 5.91 Å². The van der Waals surface area contributed by atoms with Crippen LogP contribution in [0.25, 0.3) is 0 Å². The van der Waals surface area contributed by atoms with Crippen molar-refractivity contribution >= 4 is 28.3 Å². The van der Waals surface area contributed by atoms with E-state index < -0.39 is 0 Å². The SMILES string of the molecule is O=C(Nc1nc2c(s1)CCCC2C(=O)N1CCCC1)c1ccc2c(c1)OCO2. The molecule has 5 rings (SSSR count). The Hall–Kier alpha value is -2.61. The van der Waals surface area contributed by atoms with E-state index in [1.54, 1.807) is 18.2 Å². The summed E-state index contributed by atoms with van der Waals surface area (Å²) in [6, 6.07) is 5.11. The highest BCUT2D eigenvalue weighted by atomic mass is 32.1. The predicted octanol–water partition coefficient (Wildman–Crippen LogP) is 3.17. The van der Waals surface area contributed by atoms with E-state index in [9.17, 15) is 9.59 Å². The van der Waals surface area contributed by atoms with Crippen molar-refractivity contribution < 1.29 is 19.1 Å². The van der Waals surface area contributed by atoms with E-state index in [0.29, 0.717) is 22.2 Å². The van der Waals surface area contributed by atoms with Gasteiger partial charge in [0.05, 0.1) is 11.6 Å². The van der Waals surface area contributed by atoms with Crippen LogP contribution < -0.4 is 14.8 Å². The highest BCUT2D eigenvalue weighted by Gasteiger charge is 2.34. The summed E-state index contributed by atoms with van der Waals surface area (Å²) < 4.78 is 10.6. The zero-order valence-corrected chi connectivity index (χ0v) is 16.2. The average molecular weight is 399 g/mol. The molecule has 2 amide bonds. The fraction of sp³-hybridized carbons (Fsp3) is 0.450. The summed E-state index contributed by atoms with van der Waals surface area (Å²) >= 11 is 1.48. The second-order valence-electron chi connectivity index (χ2n) is 7.33. The number of nitrogens with zero attached hydrogens (tertiary/aromatic N) is 2. The average Bonchev–Trinajstić information content (AvgIpc) is 3.45. The molecule has 3 aliphatic rings. The Bertz CT molecular complexity index is 936. The Morgan fingerprint density at radius 2 is 1.96 bits per heavy atom. The quantitative estimate of drug-likeness (QED) is 0.857. The van der Waals surface area contributed by atoms with Gasteiger partial charge in [-0.25, -0.2) is 4.98 Å². The molecule has 1 aliphatic carbocycles. The van der Waals surface area contributed by atoms with E-state index >= 15 is 0 Å². The van der Waals surface area contributed by atoms with E-state index in [1.165, 1.54) is 11.3 Å². The lowest BCUT2D eigenvalue weighted by Gasteiger charge is -2.25. The molecule has 28 heavy (non-hydrogen) atoms. The van der Waals surface area contributed by atoms with Gasteiger partial charge < -0.3 is 14.4 Å². The molecule has 0 saturated carbocycles. The molecular weight excluding hydrogens is 378 g/mol. The van der Waals surface area contributed by atoms with Crippen LogP contribution in [-0.2, 0) is 11.2 Å². The lowest BCUT2D eigenvalue weighted by atomic mass is 9.90. The van der Waals surface area contributed by atoms with Gasteiger partial charge >= 0.3 is 0 Å². The maximum atomic E-state index is 12.9. The molecule has 7 nitrogen and oxygen atoms in total. The number of thiazole rings is 1. The summed E-state index contributed by atoms with van der Waals surface area (Å²) in [5.74, 6) is 0.991. The number of likely N-dealkylation sites (tertiary alicyclic amines) is 1. The maximum Gasteiger partial charge on any atom is 0.257 e. The lowest BCUT2D eigenvalue weighted by molar-refractivity contribution is -0.132. The van der Waals surface area contributed by atoms with Crippen LogP contribution in [0.3, 0.4) is 0 Å². The van der Waals surface area contributed by atoms with Gasteiger partial charge in [-0.15, -0.1) is 11.3 Å². The molecule has 1 aromatic heterocycles. The third kappa shape index (κ3) is 3.11. The Labute approximate surface area is 166 Å². The molecule has 1 saturated heterocycles. The van der Waals surface area contributed by atoms with Gasteiger partial charge in [0.15, 0.2) is 16.6 Å². The number of anilines is 1. The molecule has 0 bridgehead atoms. The number of aromatic nitrogens is 1. The molecule has 1 fully saturated rings. The third-order valence-corrected chi connectivity index (χ3v) is 6.57. The molecule has 3 heterocycles. The van der Waals surface area contributed by atoms with Crippen LogP contribution in [0, 0.1) is 0 Å². The van der Waals surface area contributed by atoms with Gasteiger partial charge in [0, 0.05) is 23.5 Å². The van der Waals surface area contributed by atoms with Crippen molar-refractivity contribution in [1.82, 2.24) is 9.88 Å². The molecule has 0 radical (unpaired) electrons. The summed E-state index contributed by atoms with van der Waals surface area (Å²) in [7, 11) is 0. The van der Waals surface area contributed by atoms with E-state index in [-0.39, 0.29) is 24.5 Å². The number of ether oxygens (including phenoxy) is 2. The van der Waals surface area contributed by atoms with Crippen molar-refractivity contribution in [2.75, 3.05) is 25.2 Å².